The highest BCUT2D eigenvalue weighted by Crippen LogP contribution is 2.24. The average molecular weight is 283 g/mol. The lowest BCUT2D eigenvalue weighted by Crippen LogP contribution is -2.30. The molecule has 0 aliphatic carbocycles. The van der Waals surface area contributed by atoms with Crippen LogP contribution in [0.3, 0.4) is 0 Å². The number of para-hydroxylation sites is 1. The van der Waals surface area contributed by atoms with Crippen LogP contribution in [0.5, 0.6) is 0 Å². The molecular weight excluding hydrogens is 262 g/mol. The first-order chi connectivity index (χ1) is 10.1. The molecule has 1 aromatic carbocycles. The predicted octanol–water partition coefficient (Wildman–Crippen LogP) is 3.75. The van der Waals surface area contributed by atoms with E-state index < -0.39 is 0 Å². The van der Waals surface area contributed by atoms with Crippen molar-refractivity contribution < 1.29 is 4.42 Å². The Kier molecular flexibility index (Phi) is 3.80. The third-order valence-corrected chi connectivity index (χ3v) is 3.68. The van der Waals surface area contributed by atoms with Gasteiger partial charge in [0.1, 0.15) is 11.3 Å². The average Bonchev–Trinajstić information content (AvgIpc) is 3.04. The molecule has 0 saturated heterocycles. The van der Waals surface area contributed by atoms with E-state index >= 15 is 0 Å². The summed E-state index contributed by atoms with van der Waals surface area (Å²) in [5, 5.41) is 12.0. The van der Waals surface area contributed by atoms with Gasteiger partial charge in [0.05, 0.1) is 11.7 Å². The van der Waals surface area contributed by atoms with E-state index in [9.17, 15) is 0 Å². The number of nitrogens with one attached hydrogen (secondary N) is 2. The molecule has 0 amide bonds. The van der Waals surface area contributed by atoms with Gasteiger partial charge < -0.3 is 9.73 Å². The summed E-state index contributed by atoms with van der Waals surface area (Å²) in [6.07, 6.45) is 0.898. The van der Waals surface area contributed by atoms with Crippen molar-refractivity contribution in [2.75, 3.05) is 0 Å². The topological polar surface area (TPSA) is 53.9 Å². The highest BCUT2D eigenvalue weighted by atomic mass is 16.3. The lowest BCUT2D eigenvalue weighted by molar-refractivity contribution is 0.408. The van der Waals surface area contributed by atoms with Crippen molar-refractivity contribution in [1.82, 2.24) is 15.5 Å². The zero-order valence-electron chi connectivity index (χ0n) is 12.7. The van der Waals surface area contributed by atoms with Crippen LogP contribution in [-0.2, 0) is 6.42 Å². The standard InChI is InChI=1S/C17H21N3O/c1-11(8-15-9-12(2)19-20-15)18-13(3)17-10-14-6-4-5-7-16(14)21-17/h4-7,9-11,13,18H,8H2,1-3H3,(H,19,20)/t11-,13-/m0/s1. The predicted molar refractivity (Wildman–Crippen MR) is 84.3 cm³/mol. The number of benzene rings is 1. The van der Waals surface area contributed by atoms with Gasteiger partial charge in [-0.1, -0.05) is 18.2 Å². The van der Waals surface area contributed by atoms with Gasteiger partial charge in [-0.2, -0.15) is 5.10 Å². The Hall–Kier alpha value is -2.07. The molecule has 2 N–H and O–H groups in total. The molecule has 0 aliphatic heterocycles. The Morgan fingerprint density at radius 3 is 2.76 bits per heavy atom. The number of furan rings is 1. The molecule has 0 saturated carbocycles. The minimum Gasteiger partial charge on any atom is -0.459 e. The summed E-state index contributed by atoms with van der Waals surface area (Å²) >= 11 is 0. The third-order valence-electron chi connectivity index (χ3n) is 3.68. The van der Waals surface area contributed by atoms with Crippen LogP contribution in [0.4, 0.5) is 0 Å². The molecule has 4 heteroatoms. The number of aryl methyl sites for hydroxylation is 1. The number of aromatic nitrogens is 2. The summed E-state index contributed by atoms with van der Waals surface area (Å²) in [7, 11) is 0. The summed E-state index contributed by atoms with van der Waals surface area (Å²) in [6, 6.07) is 12.8. The molecule has 3 aromatic rings. The monoisotopic (exact) mass is 283 g/mol. The van der Waals surface area contributed by atoms with Crippen molar-refractivity contribution in [3.05, 3.63) is 53.5 Å². The second kappa shape index (κ2) is 5.74. The van der Waals surface area contributed by atoms with Crippen molar-refractivity contribution in [2.24, 2.45) is 0 Å². The van der Waals surface area contributed by atoms with Crippen molar-refractivity contribution in [3.8, 4) is 0 Å². The molecule has 0 fully saturated rings. The molecule has 0 unspecified atom stereocenters. The maximum absolute atomic E-state index is 5.90. The summed E-state index contributed by atoms with van der Waals surface area (Å²) < 4.78 is 5.90. The van der Waals surface area contributed by atoms with E-state index in [0.29, 0.717) is 6.04 Å². The molecule has 21 heavy (non-hydrogen) atoms. The molecule has 0 radical (unpaired) electrons. The van der Waals surface area contributed by atoms with E-state index in [4.69, 9.17) is 4.42 Å². The van der Waals surface area contributed by atoms with Gasteiger partial charge in [0, 0.05) is 23.5 Å². The second-order valence-corrected chi connectivity index (χ2v) is 5.72. The van der Waals surface area contributed by atoms with Gasteiger partial charge in [0.25, 0.3) is 0 Å². The van der Waals surface area contributed by atoms with Gasteiger partial charge in [-0.3, -0.25) is 5.10 Å². The lowest BCUT2D eigenvalue weighted by atomic mass is 10.1. The zero-order chi connectivity index (χ0) is 14.8. The number of hydrogen-bond donors (Lipinski definition) is 2. The van der Waals surface area contributed by atoms with Crippen molar-refractivity contribution in [3.63, 3.8) is 0 Å². The van der Waals surface area contributed by atoms with Gasteiger partial charge in [-0.25, -0.2) is 0 Å². The molecule has 110 valence electrons. The van der Waals surface area contributed by atoms with Gasteiger partial charge in [-0.15, -0.1) is 0 Å². The van der Waals surface area contributed by atoms with Crippen LogP contribution in [0.25, 0.3) is 11.0 Å². The molecule has 2 heterocycles. The van der Waals surface area contributed by atoms with Crippen LogP contribution in [-0.4, -0.2) is 16.2 Å². The maximum atomic E-state index is 5.90. The smallest absolute Gasteiger partial charge is 0.134 e. The highest BCUT2D eigenvalue weighted by Gasteiger charge is 2.15. The van der Waals surface area contributed by atoms with Crippen LogP contribution in [0, 0.1) is 6.92 Å². The quantitative estimate of drug-likeness (QED) is 0.750. The summed E-state index contributed by atoms with van der Waals surface area (Å²) in [4.78, 5) is 0. The van der Waals surface area contributed by atoms with Gasteiger partial charge in [0.2, 0.25) is 0 Å². The highest BCUT2D eigenvalue weighted by molar-refractivity contribution is 5.77. The van der Waals surface area contributed by atoms with Crippen LogP contribution in [0.1, 0.15) is 37.0 Å². The normalized spacial score (nSPS) is 14.4. The fourth-order valence-corrected chi connectivity index (χ4v) is 2.68. The van der Waals surface area contributed by atoms with Gasteiger partial charge >= 0.3 is 0 Å². The molecule has 4 nitrogen and oxygen atoms in total. The van der Waals surface area contributed by atoms with E-state index in [1.165, 1.54) is 0 Å². The number of fused-ring (bicyclic) bond motifs is 1. The van der Waals surface area contributed by atoms with E-state index in [1.807, 2.05) is 25.1 Å². The lowest BCUT2D eigenvalue weighted by Gasteiger charge is -2.17. The SMILES string of the molecule is Cc1cc(C[C@H](C)N[C@@H](C)c2cc3ccccc3o2)n[nH]1. The molecule has 0 bridgehead atoms. The Bertz CT molecular complexity index is 695. The largest absolute Gasteiger partial charge is 0.459 e. The van der Waals surface area contributed by atoms with Gasteiger partial charge in [0.15, 0.2) is 0 Å². The fraction of sp³-hybridized carbons (Fsp3) is 0.353. The zero-order valence-corrected chi connectivity index (χ0v) is 12.7. The third kappa shape index (κ3) is 3.16. The van der Waals surface area contributed by atoms with Crippen molar-refractivity contribution in [1.29, 1.82) is 0 Å². The van der Waals surface area contributed by atoms with Crippen LogP contribution in [0.15, 0.2) is 40.8 Å². The Morgan fingerprint density at radius 1 is 1.24 bits per heavy atom. The van der Waals surface area contributed by atoms with Crippen LogP contribution >= 0.6 is 0 Å². The van der Waals surface area contributed by atoms with E-state index in [0.717, 1.165) is 34.5 Å². The molecule has 0 aliphatic rings. The molecule has 0 spiro atoms. The number of nitrogens with zero attached hydrogens (tertiary/aromatic N) is 1. The first-order valence-corrected chi connectivity index (χ1v) is 7.37. The first kappa shape index (κ1) is 13.9. The first-order valence-electron chi connectivity index (χ1n) is 7.37. The number of rotatable bonds is 5. The maximum Gasteiger partial charge on any atom is 0.134 e. The minimum absolute atomic E-state index is 0.174. The summed E-state index contributed by atoms with van der Waals surface area (Å²) in [6.45, 7) is 6.32. The number of hydrogen-bond acceptors (Lipinski definition) is 3. The molecule has 3 rings (SSSR count). The fourth-order valence-electron chi connectivity index (χ4n) is 2.68. The van der Waals surface area contributed by atoms with Crippen molar-refractivity contribution >= 4 is 11.0 Å². The number of H-pyrrole nitrogens is 1. The van der Waals surface area contributed by atoms with E-state index in [1.54, 1.807) is 0 Å². The Morgan fingerprint density at radius 2 is 2.05 bits per heavy atom. The summed E-state index contributed by atoms with van der Waals surface area (Å²) in [5.74, 6) is 0.973. The number of aromatic amines is 1. The minimum atomic E-state index is 0.174. The Labute approximate surface area is 124 Å². The van der Waals surface area contributed by atoms with Crippen LogP contribution < -0.4 is 5.32 Å². The van der Waals surface area contributed by atoms with Gasteiger partial charge in [-0.05, 0) is 39.0 Å². The molecule has 2 aromatic heterocycles. The molecule has 2 atom stereocenters. The summed E-state index contributed by atoms with van der Waals surface area (Å²) in [5.41, 5.74) is 3.13. The molecular formula is C17H21N3O. The Balaban J connectivity index is 1.66. The van der Waals surface area contributed by atoms with E-state index in [-0.39, 0.29) is 6.04 Å². The van der Waals surface area contributed by atoms with Crippen LogP contribution in [0.2, 0.25) is 0 Å². The second-order valence-electron chi connectivity index (χ2n) is 5.72. The van der Waals surface area contributed by atoms with Crippen molar-refractivity contribution in [2.45, 2.75) is 39.3 Å². The van der Waals surface area contributed by atoms with E-state index in [2.05, 4.69) is 47.6 Å².